The molecule has 162 valence electrons. The Labute approximate surface area is 181 Å². The highest BCUT2D eigenvalue weighted by atomic mass is 32.1. The number of anilines is 2. The second-order valence-electron chi connectivity index (χ2n) is 7.23. The number of nitrogens with zero attached hydrogens (tertiary/aromatic N) is 1. The van der Waals surface area contributed by atoms with E-state index in [1.807, 2.05) is 13.8 Å². The minimum Gasteiger partial charge on any atom is -0.322 e. The second-order valence-corrected chi connectivity index (χ2v) is 8.30. The molecule has 0 unspecified atom stereocenters. The first-order valence-electron chi connectivity index (χ1n) is 9.41. The fraction of sp³-hybridized carbons (Fsp3) is 0.227. The molecule has 2 amide bonds. The number of amides is 2. The molecule has 3 rings (SSSR count). The van der Waals surface area contributed by atoms with Crippen LogP contribution in [-0.2, 0) is 6.18 Å². The van der Waals surface area contributed by atoms with Crippen molar-refractivity contribution in [1.82, 2.24) is 4.98 Å². The predicted molar refractivity (Wildman–Crippen MR) is 115 cm³/mol. The first-order valence-corrected chi connectivity index (χ1v) is 10.2. The maximum absolute atomic E-state index is 12.9. The van der Waals surface area contributed by atoms with E-state index < -0.39 is 17.6 Å². The normalized spacial score (nSPS) is 11.5. The van der Waals surface area contributed by atoms with Crippen molar-refractivity contribution >= 4 is 33.8 Å². The summed E-state index contributed by atoms with van der Waals surface area (Å²) in [5.74, 6) is -0.830. The number of aryl methyl sites for hydroxylation is 1. The fourth-order valence-corrected chi connectivity index (χ4v) is 3.59. The molecule has 3 aromatic rings. The lowest BCUT2D eigenvalue weighted by molar-refractivity contribution is -0.137. The van der Waals surface area contributed by atoms with E-state index in [1.165, 1.54) is 29.5 Å². The molecule has 0 aliphatic rings. The Morgan fingerprint density at radius 3 is 2.42 bits per heavy atom. The SMILES string of the molecule is Cc1ccc(NC(=O)c2cccc(C(F)(F)F)c2)cc1C(=O)Nc1cnc(C(C)C)s1. The number of benzene rings is 2. The zero-order valence-electron chi connectivity index (χ0n) is 17.0. The van der Waals surface area contributed by atoms with Crippen LogP contribution in [0.3, 0.4) is 0 Å². The molecule has 0 aliphatic heterocycles. The molecule has 1 heterocycles. The summed E-state index contributed by atoms with van der Waals surface area (Å²) < 4.78 is 38.7. The van der Waals surface area contributed by atoms with E-state index in [-0.39, 0.29) is 17.4 Å². The average Bonchev–Trinajstić information content (AvgIpc) is 3.17. The van der Waals surface area contributed by atoms with Crippen molar-refractivity contribution in [3.8, 4) is 0 Å². The summed E-state index contributed by atoms with van der Waals surface area (Å²) in [7, 11) is 0. The Balaban J connectivity index is 1.77. The van der Waals surface area contributed by atoms with Gasteiger partial charge in [-0.15, -0.1) is 11.3 Å². The molecule has 5 nitrogen and oxygen atoms in total. The number of hydrogen-bond donors (Lipinski definition) is 2. The van der Waals surface area contributed by atoms with Crippen LogP contribution in [0.2, 0.25) is 0 Å². The minimum atomic E-state index is -4.54. The van der Waals surface area contributed by atoms with Crippen molar-refractivity contribution in [2.24, 2.45) is 0 Å². The van der Waals surface area contributed by atoms with Crippen LogP contribution >= 0.6 is 11.3 Å². The molecule has 0 radical (unpaired) electrons. The fourth-order valence-electron chi connectivity index (χ4n) is 2.78. The van der Waals surface area contributed by atoms with Crippen LogP contribution in [0.25, 0.3) is 0 Å². The molecule has 0 atom stereocenters. The molecule has 2 aromatic carbocycles. The quantitative estimate of drug-likeness (QED) is 0.497. The molecular formula is C22H20F3N3O2S. The number of carbonyl (C=O) groups excluding carboxylic acids is 2. The van der Waals surface area contributed by atoms with E-state index in [4.69, 9.17) is 0 Å². The molecule has 0 saturated heterocycles. The van der Waals surface area contributed by atoms with Gasteiger partial charge in [0.15, 0.2) is 0 Å². The highest BCUT2D eigenvalue weighted by molar-refractivity contribution is 7.15. The van der Waals surface area contributed by atoms with Gasteiger partial charge in [0.1, 0.15) is 5.00 Å². The molecule has 0 spiro atoms. The van der Waals surface area contributed by atoms with Crippen molar-refractivity contribution in [1.29, 1.82) is 0 Å². The van der Waals surface area contributed by atoms with Gasteiger partial charge in [-0.05, 0) is 42.8 Å². The van der Waals surface area contributed by atoms with Crippen LogP contribution < -0.4 is 10.6 Å². The highest BCUT2D eigenvalue weighted by Gasteiger charge is 2.30. The first-order chi connectivity index (χ1) is 14.5. The Morgan fingerprint density at radius 2 is 1.77 bits per heavy atom. The predicted octanol–water partition coefficient (Wildman–Crippen LogP) is 6.10. The minimum absolute atomic E-state index is 0.132. The van der Waals surface area contributed by atoms with Crippen molar-refractivity contribution in [3.05, 3.63) is 75.9 Å². The van der Waals surface area contributed by atoms with Crippen molar-refractivity contribution < 1.29 is 22.8 Å². The number of alkyl halides is 3. The van der Waals surface area contributed by atoms with Crippen LogP contribution in [0.4, 0.5) is 23.9 Å². The molecular weight excluding hydrogens is 427 g/mol. The number of hydrogen-bond acceptors (Lipinski definition) is 4. The third-order valence-corrected chi connectivity index (χ3v) is 5.66. The third kappa shape index (κ3) is 5.49. The Hall–Kier alpha value is -3.20. The number of thiazole rings is 1. The van der Waals surface area contributed by atoms with Gasteiger partial charge in [-0.25, -0.2) is 4.98 Å². The van der Waals surface area contributed by atoms with Crippen LogP contribution in [0, 0.1) is 6.92 Å². The summed E-state index contributed by atoms with van der Waals surface area (Å²) in [4.78, 5) is 29.4. The van der Waals surface area contributed by atoms with E-state index in [1.54, 1.807) is 25.3 Å². The highest BCUT2D eigenvalue weighted by Crippen LogP contribution is 2.30. The van der Waals surface area contributed by atoms with Crippen molar-refractivity contribution in [2.75, 3.05) is 10.6 Å². The molecule has 9 heteroatoms. The summed E-state index contributed by atoms with van der Waals surface area (Å²) in [5, 5.41) is 6.84. The molecule has 0 saturated carbocycles. The van der Waals surface area contributed by atoms with Gasteiger partial charge in [0.05, 0.1) is 16.8 Å². The van der Waals surface area contributed by atoms with E-state index in [9.17, 15) is 22.8 Å². The number of halogens is 3. The van der Waals surface area contributed by atoms with Gasteiger partial charge in [0.25, 0.3) is 11.8 Å². The standard InChI is InChI=1S/C22H20F3N3O2S/c1-12(2)21-26-11-18(31-21)28-20(30)17-10-16(8-7-13(17)3)27-19(29)14-5-4-6-15(9-14)22(23,24)25/h4-12H,1-3H3,(H,27,29)(H,28,30). The van der Waals surface area contributed by atoms with E-state index >= 15 is 0 Å². The summed E-state index contributed by atoms with van der Waals surface area (Å²) in [6, 6.07) is 8.88. The van der Waals surface area contributed by atoms with Gasteiger partial charge in [0.2, 0.25) is 0 Å². The summed E-state index contributed by atoms with van der Waals surface area (Å²) in [6.07, 6.45) is -2.95. The van der Waals surface area contributed by atoms with Crippen LogP contribution in [0.1, 0.15) is 56.6 Å². The van der Waals surface area contributed by atoms with E-state index in [0.29, 0.717) is 21.8 Å². The monoisotopic (exact) mass is 447 g/mol. The number of carbonyl (C=O) groups is 2. The molecule has 2 N–H and O–H groups in total. The zero-order valence-corrected chi connectivity index (χ0v) is 17.8. The summed E-state index contributed by atoms with van der Waals surface area (Å²) in [5.41, 5.74) is 0.275. The van der Waals surface area contributed by atoms with Gasteiger partial charge in [-0.1, -0.05) is 26.0 Å². The van der Waals surface area contributed by atoms with E-state index in [0.717, 1.165) is 17.1 Å². The van der Waals surface area contributed by atoms with Crippen LogP contribution in [0.15, 0.2) is 48.7 Å². The molecule has 0 bridgehead atoms. The van der Waals surface area contributed by atoms with Crippen molar-refractivity contribution in [2.45, 2.75) is 32.9 Å². The topological polar surface area (TPSA) is 71.1 Å². The number of rotatable bonds is 5. The van der Waals surface area contributed by atoms with Gasteiger partial charge in [-0.2, -0.15) is 13.2 Å². The summed E-state index contributed by atoms with van der Waals surface area (Å²) in [6.45, 7) is 5.76. The van der Waals surface area contributed by atoms with E-state index in [2.05, 4.69) is 15.6 Å². The van der Waals surface area contributed by atoms with Gasteiger partial charge in [-0.3, -0.25) is 9.59 Å². The van der Waals surface area contributed by atoms with Gasteiger partial charge >= 0.3 is 6.18 Å². The summed E-state index contributed by atoms with van der Waals surface area (Å²) >= 11 is 1.38. The zero-order chi connectivity index (χ0) is 22.8. The Morgan fingerprint density at radius 1 is 1.03 bits per heavy atom. The molecule has 1 aromatic heterocycles. The lowest BCUT2D eigenvalue weighted by atomic mass is 10.1. The van der Waals surface area contributed by atoms with Crippen LogP contribution in [-0.4, -0.2) is 16.8 Å². The third-order valence-electron chi connectivity index (χ3n) is 4.45. The number of nitrogens with one attached hydrogen (secondary N) is 2. The Bertz CT molecular complexity index is 1120. The average molecular weight is 447 g/mol. The molecule has 31 heavy (non-hydrogen) atoms. The first kappa shape index (κ1) is 22.5. The van der Waals surface area contributed by atoms with Gasteiger partial charge in [0, 0.05) is 22.7 Å². The van der Waals surface area contributed by atoms with Crippen LogP contribution in [0.5, 0.6) is 0 Å². The van der Waals surface area contributed by atoms with Crippen molar-refractivity contribution in [3.63, 3.8) is 0 Å². The maximum atomic E-state index is 12.9. The largest absolute Gasteiger partial charge is 0.416 e. The molecule has 0 fully saturated rings. The van der Waals surface area contributed by atoms with Gasteiger partial charge < -0.3 is 10.6 Å². The molecule has 0 aliphatic carbocycles. The second kappa shape index (κ2) is 8.89. The Kier molecular flexibility index (Phi) is 6.45. The maximum Gasteiger partial charge on any atom is 0.416 e. The lowest BCUT2D eigenvalue weighted by Crippen LogP contribution is -2.16. The smallest absolute Gasteiger partial charge is 0.322 e. The lowest BCUT2D eigenvalue weighted by Gasteiger charge is -2.11. The number of aromatic nitrogens is 1.